The summed E-state index contributed by atoms with van der Waals surface area (Å²) < 4.78 is 35.2. The van der Waals surface area contributed by atoms with Crippen molar-refractivity contribution in [3.63, 3.8) is 0 Å². The number of benzene rings is 2. The second kappa shape index (κ2) is 7.12. The van der Waals surface area contributed by atoms with E-state index in [1.807, 2.05) is 54.6 Å². The van der Waals surface area contributed by atoms with Gasteiger partial charge >= 0.3 is 0 Å². The number of nitrogens with zero attached hydrogens (tertiary/aromatic N) is 2. The highest BCUT2D eigenvalue weighted by Crippen LogP contribution is 2.50. The molecule has 2 aliphatic rings. The van der Waals surface area contributed by atoms with E-state index in [-0.39, 0.29) is 6.42 Å². The number of halogens is 2. The van der Waals surface area contributed by atoms with Gasteiger partial charge in [-0.3, -0.25) is 4.90 Å². The lowest BCUT2D eigenvalue weighted by atomic mass is 9.75. The normalized spacial score (nSPS) is 25.1. The highest BCUT2D eigenvalue weighted by Gasteiger charge is 2.59. The van der Waals surface area contributed by atoms with Crippen LogP contribution in [0.4, 0.5) is 14.5 Å². The summed E-state index contributed by atoms with van der Waals surface area (Å²) in [6, 6.07) is 17.8. The molecule has 0 aromatic heterocycles. The van der Waals surface area contributed by atoms with Crippen LogP contribution in [-0.4, -0.2) is 44.1 Å². The van der Waals surface area contributed by atoms with E-state index in [1.54, 1.807) is 7.11 Å². The van der Waals surface area contributed by atoms with Crippen molar-refractivity contribution in [3.8, 4) is 5.75 Å². The second-order valence-corrected chi connectivity index (χ2v) is 7.80. The number of likely N-dealkylation sites (tertiary alicyclic amines) is 1. The maximum absolute atomic E-state index is 15.0. The van der Waals surface area contributed by atoms with Gasteiger partial charge in [-0.1, -0.05) is 30.3 Å². The van der Waals surface area contributed by atoms with E-state index in [9.17, 15) is 8.78 Å². The van der Waals surface area contributed by atoms with E-state index in [4.69, 9.17) is 4.74 Å². The number of methoxy groups -OCH3 is 1. The van der Waals surface area contributed by atoms with Gasteiger partial charge in [0, 0.05) is 44.8 Å². The molecule has 0 amide bonds. The number of ether oxygens (including phenoxy) is 1. The zero-order valence-corrected chi connectivity index (χ0v) is 15.7. The van der Waals surface area contributed by atoms with Crippen LogP contribution in [0.15, 0.2) is 54.6 Å². The molecule has 144 valence electrons. The lowest BCUT2D eigenvalue weighted by Gasteiger charge is -2.46. The minimum atomic E-state index is -2.62. The number of para-hydroxylation sites is 1. The quantitative estimate of drug-likeness (QED) is 0.790. The second-order valence-electron chi connectivity index (χ2n) is 7.80. The van der Waals surface area contributed by atoms with Crippen molar-refractivity contribution >= 4 is 5.69 Å². The summed E-state index contributed by atoms with van der Waals surface area (Å²) in [5.74, 6) is -1.80. The van der Waals surface area contributed by atoms with Gasteiger partial charge in [0.05, 0.1) is 12.5 Å². The zero-order valence-electron chi connectivity index (χ0n) is 15.7. The van der Waals surface area contributed by atoms with E-state index in [2.05, 4.69) is 9.80 Å². The van der Waals surface area contributed by atoms with Gasteiger partial charge in [0.25, 0.3) is 5.92 Å². The molecule has 1 spiro atoms. The molecule has 2 saturated heterocycles. The first-order valence-electron chi connectivity index (χ1n) is 9.54. The Labute approximate surface area is 159 Å². The maximum Gasteiger partial charge on any atom is 0.257 e. The summed E-state index contributed by atoms with van der Waals surface area (Å²) in [6.07, 6.45) is 0.472. The summed E-state index contributed by atoms with van der Waals surface area (Å²) in [6.45, 7) is 2.69. The SMILES string of the molecule is COc1ccc(CN2CCC(F)(F)C3(CCN(c4ccccc4)C3)C2)cc1. The molecule has 2 aliphatic heterocycles. The summed E-state index contributed by atoms with van der Waals surface area (Å²) in [4.78, 5) is 4.30. The average molecular weight is 372 g/mol. The van der Waals surface area contributed by atoms with Crippen molar-refractivity contribution in [2.45, 2.75) is 25.3 Å². The minimum Gasteiger partial charge on any atom is -0.497 e. The van der Waals surface area contributed by atoms with E-state index in [0.717, 1.165) is 17.0 Å². The number of piperidine rings is 1. The number of rotatable bonds is 4. The highest BCUT2D eigenvalue weighted by atomic mass is 19.3. The number of hydrogen-bond donors (Lipinski definition) is 0. The van der Waals surface area contributed by atoms with Gasteiger partial charge in [-0.15, -0.1) is 0 Å². The molecule has 2 heterocycles. The fourth-order valence-corrected chi connectivity index (χ4v) is 4.47. The van der Waals surface area contributed by atoms with Gasteiger partial charge < -0.3 is 9.64 Å². The number of alkyl halides is 2. The summed E-state index contributed by atoms with van der Waals surface area (Å²) >= 11 is 0. The number of hydrogen-bond acceptors (Lipinski definition) is 3. The van der Waals surface area contributed by atoms with Crippen LogP contribution < -0.4 is 9.64 Å². The molecule has 1 unspecified atom stereocenters. The topological polar surface area (TPSA) is 15.7 Å². The number of anilines is 1. The molecule has 5 heteroatoms. The van der Waals surface area contributed by atoms with Crippen LogP contribution in [-0.2, 0) is 6.54 Å². The Hall–Kier alpha value is -2.14. The highest BCUT2D eigenvalue weighted by molar-refractivity contribution is 5.48. The molecule has 1 atom stereocenters. The predicted octanol–water partition coefficient (Wildman–Crippen LogP) is 4.43. The van der Waals surface area contributed by atoms with Crippen LogP contribution in [0.1, 0.15) is 18.4 Å². The third-order valence-corrected chi connectivity index (χ3v) is 6.08. The zero-order chi connectivity index (χ0) is 18.9. The van der Waals surface area contributed by atoms with E-state index >= 15 is 0 Å². The van der Waals surface area contributed by atoms with Crippen LogP contribution in [0.5, 0.6) is 5.75 Å². The first-order chi connectivity index (χ1) is 13.0. The monoisotopic (exact) mass is 372 g/mol. The van der Waals surface area contributed by atoms with Gasteiger partial charge in [0.2, 0.25) is 0 Å². The van der Waals surface area contributed by atoms with Gasteiger partial charge in [0.1, 0.15) is 5.75 Å². The molecular weight excluding hydrogens is 346 g/mol. The maximum atomic E-state index is 15.0. The molecule has 3 nitrogen and oxygen atoms in total. The Morgan fingerprint density at radius 3 is 2.37 bits per heavy atom. The van der Waals surface area contributed by atoms with Crippen molar-refractivity contribution in [2.24, 2.45) is 5.41 Å². The fraction of sp³-hybridized carbons (Fsp3) is 0.455. The fourth-order valence-electron chi connectivity index (χ4n) is 4.47. The van der Waals surface area contributed by atoms with Crippen molar-refractivity contribution in [1.82, 2.24) is 4.90 Å². The minimum absolute atomic E-state index is 0.0637. The summed E-state index contributed by atoms with van der Waals surface area (Å²) in [5, 5.41) is 0. The Morgan fingerprint density at radius 1 is 0.926 bits per heavy atom. The average Bonchev–Trinajstić information content (AvgIpc) is 3.12. The van der Waals surface area contributed by atoms with Gasteiger partial charge in [-0.05, 0) is 36.2 Å². The van der Waals surface area contributed by atoms with E-state index < -0.39 is 11.3 Å². The largest absolute Gasteiger partial charge is 0.497 e. The van der Waals surface area contributed by atoms with E-state index in [1.165, 1.54) is 0 Å². The first kappa shape index (κ1) is 18.2. The Morgan fingerprint density at radius 2 is 1.67 bits per heavy atom. The summed E-state index contributed by atoms with van der Waals surface area (Å²) in [7, 11) is 1.64. The molecule has 0 bridgehead atoms. The first-order valence-corrected chi connectivity index (χ1v) is 9.54. The molecule has 0 radical (unpaired) electrons. The van der Waals surface area contributed by atoms with Crippen LogP contribution >= 0.6 is 0 Å². The molecular formula is C22H26F2N2O. The smallest absolute Gasteiger partial charge is 0.257 e. The van der Waals surface area contributed by atoms with Crippen LogP contribution in [0.3, 0.4) is 0 Å². The van der Waals surface area contributed by atoms with Crippen molar-refractivity contribution in [2.75, 3.05) is 38.2 Å². The Kier molecular flexibility index (Phi) is 4.81. The lowest BCUT2D eigenvalue weighted by molar-refractivity contribution is -0.158. The molecule has 0 aliphatic carbocycles. The Bertz CT molecular complexity index is 766. The van der Waals surface area contributed by atoms with Crippen LogP contribution in [0.25, 0.3) is 0 Å². The van der Waals surface area contributed by atoms with Gasteiger partial charge in [0.15, 0.2) is 0 Å². The van der Waals surface area contributed by atoms with Crippen molar-refractivity contribution in [1.29, 1.82) is 0 Å². The van der Waals surface area contributed by atoms with Gasteiger partial charge in [-0.25, -0.2) is 8.78 Å². The molecule has 0 N–H and O–H groups in total. The van der Waals surface area contributed by atoms with Crippen LogP contribution in [0.2, 0.25) is 0 Å². The molecule has 0 saturated carbocycles. The third-order valence-electron chi connectivity index (χ3n) is 6.08. The molecule has 2 aromatic carbocycles. The van der Waals surface area contributed by atoms with Crippen molar-refractivity contribution < 1.29 is 13.5 Å². The Balaban J connectivity index is 1.49. The molecule has 2 aromatic rings. The van der Waals surface area contributed by atoms with Crippen LogP contribution in [0, 0.1) is 5.41 Å². The molecule has 4 rings (SSSR count). The van der Waals surface area contributed by atoms with Crippen molar-refractivity contribution in [3.05, 3.63) is 60.2 Å². The summed E-state index contributed by atoms with van der Waals surface area (Å²) in [5.41, 5.74) is 1.21. The standard InChI is InChI=1S/C22H26F2N2O/c1-27-20-9-7-18(8-10-20)15-25-13-12-22(23,24)21(16-25)11-14-26(17-21)19-5-3-2-4-6-19/h2-10H,11-17H2,1H3. The van der Waals surface area contributed by atoms with Gasteiger partial charge in [-0.2, -0.15) is 0 Å². The molecule has 2 fully saturated rings. The third kappa shape index (κ3) is 3.53. The van der Waals surface area contributed by atoms with E-state index in [0.29, 0.717) is 39.1 Å². The predicted molar refractivity (Wildman–Crippen MR) is 104 cm³/mol. The lowest BCUT2D eigenvalue weighted by Crippen LogP contribution is -2.56. The molecule has 27 heavy (non-hydrogen) atoms.